The smallest absolute Gasteiger partial charge is 0.140 e. The zero-order valence-electron chi connectivity index (χ0n) is 12.4. The molecule has 114 valence electrons. The van der Waals surface area contributed by atoms with Gasteiger partial charge in [-0.25, -0.2) is 4.98 Å². The van der Waals surface area contributed by atoms with Crippen LogP contribution in [0.2, 0.25) is 0 Å². The summed E-state index contributed by atoms with van der Waals surface area (Å²) in [6.07, 6.45) is 10.3. The molecule has 6 heteroatoms. The predicted octanol–water partition coefficient (Wildman–Crippen LogP) is 3.10. The van der Waals surface area contributed by atoms with Gasteiger partial charge in [-0.2, -0.15) is 5.10 Å². The van der Waals surface area contributed by atoms with E-state index in [9.17, 15) is 0 Å². The van der Waals surface area contributed by atoms with Crippen molar-refractivity contribution in [1.29, 1.82) is 0 Å². The van der Waals surface area contributed by atoms with Crippen LogP contribution < -0.4 is 5.32 Å². The Labute approximate surface area is 137 Å². The first-order chi connectivity index (χ1) is 10.7. The largest absolute Gasteiger partial charge is 0.308 e. The van der Waals surface area contributed by atoms with Crippen molar-refractivity contribution in [3.63, 3.8) is 0 Å². The second-order valence-electron chi connectivity index (χ2n) is 5.99. The number of aryl methyl sites for hydroxylation is 1. The number of pyridine rings is 1. The Kier molecular flexibility index (Phi) is 3.50. The highest BCUT2D eigenvalue weighted by atomic mass is 79.9. The van der Waals surface area contributed by atoms with Gasteiger partial charge in [-0.1, -0.05) is 0 Å². The van der Waals surface area contributed by atoms with Gasteiger partial charge in [0.1, 0.15) is 5.65 Å². The van der Waals surface area contributed by atoms with Crippen LogP contribution in [-0.4, -0.2) is 25.2 Å². The molecule has 0 spiro atoms. The summed E-state index contributed by atoms with van der Waals surface area (Å²) in [6, 6.07) is 5.19. The van der Waals surface area contributed by atoms with Gasteiger partial charge in [0, 0.05) is 41.8 Å². The van der Waals surface area contributed by atoms with Crippen LogP contribution in [0.5, 0.6) is 0 Å². The Morgan fingerprint density at radius 3 is 3.00 bits per heavy atom. The monoisotopic (exact) mass is 359 g/mol. The van der Waals surface area contributed by atoms with Gasteiger partial charge < -0.3 is 9.72 Å². The summed E-state index contributed by atoms with van der Waals surface area (Å²) in [6.45, 7) is 2.90. The fraction of sp³-hybridized carbons (Fsp3) is 0.375. The van der Waals surface area contributed by atoms with E-state index in [0.29, 0.717) is 12.1 Å². The SMILES string of the molecule is Cc1cc(Br)cn2cc(CNC3CC(n4cccn4)C3)nc12. The average molecular weight is 360 g/mol. The Balaban J connectivity index is 1.38. The molecule has 0 aromatic carbocycles. The predicted molar refractivity (Wildman–Crippen MR) is 88.8 cm³/mol. The molecule has 0 unspecified atom stereocenters. The van der Waals surface area contributed by atoms with Crippen LogP contribution in [0.1, 0.15) is 30.1 Å². The molecule has 22 heavy (non-hydrogen) atoms. The molecule has 1 saturated carbocycles. The molecule has 3 aromatic heterocycles. The fourth-order valence-electron chi connectivity index (χ4n) is 3.08. The summed E-state index contributed by atoms with van der Waals surface area (Å²) in [4.78, 5) is 4.71. The summed E-state index contributed by atoms with van der Waals surface area (Å²) < 4.78 is 5.23. The zero-order chi connectivity index (χ0) is 15.1. The zero-order valence-corrected chi connectivity index (χ0v) is 14.0. The molecule has 1 aliphatic carbocycles. The average Bonchev–Trinajstić information content (AvgIpc) is 3.06. The number of fused-ring (bicyclic) bond motifs is 1. The summed E-state index contributed by atoms with van der Waals surface area (Å²) in [5.74, 6) is 0. The standard InChI is InChI=1S/C16H18BrN5/c1-11-5-12(17)9-21-10-14(20-16(11)21)8-18-13-6-15(7-13)22-4-2-3-19-22/h2-5,9-10,13,15,18H,6-8H2,1H3. The van der Waals surface area contributed by atoms with Gasteiger partial charge in [0.05, 0.1) is 11.7 Å². The Morgan fingerprint density at radius 2 is 2.23 bits per heavy atom. The van der Waals surface area contributed by atoms with Crippen LogP contribution in [0.15, 0.2) is 41.4 Å². The molecule has 0 radical (unpaired) electrons. The molecule has 3 heterocycles. The fourth-order valence-corrected chi connectivity index (χ4v) is 3.64. The number of imidazole rings is 1. The van der Waals surface area contributed by atoms with Crippen molar-refractivity contribution in [3.05, 3.63) is 52.7 Å². The van der Waals surface area contributed by atoms with Crippen molar-refractivity contribution in [2.75, 3.05) is 0 Å². The minimum Gasteiger partial charge on any atom is -0.308 e. The number of halogens is 1. The number of hydrogen-bond donors (Lipinski definition) is 1. The Bertz CT molecular complexity index is 786. The summed E-state index contributed by atoms with van der Waals surface area (Å²) in [5.41, 5.74) is 3.30. The quantitative estimate of drug-likeness (QED) is 0.778. The van der Waals surface area contributed by atoms with Gasteiger partial charge in [-0.05, 0) is 53.4 Å². The summed E-state index contributed by atoms with van der Waals surface area (Å²) in [5, 5.41) is 7.90. The minimum absolute atomic E-state index is 0.548. The molecule has 0 bridgehead atoms. The van der Waals surface area contributed by atoms with Crippen molar-refractivity contribution < 1.29 is 0 Å². The molecule has 0 amide bonds. The third-order valence-corrected chi connectivity index (χ3v) is 4.77. The normalized spacial score (nSPS) is 21.2. The lowest BCUT2D eigenvalue weighted by Crippen LogP contribution is -2.41. The van der Waals surface area contributed by atoms with Crippen molar-refractivity contribution in [3.8, 4) is 0 Å². The van der Waals surface area contributed by atoms with Crippen LogP contribution in [0.25, 0.3) is 5.65 Å². The number of aromatic nitrogens is 4. The number of rotatable bonds is 4. The van der Waals surface area contributed by atoms with E-state index >= 15 is 0 Å². The first kappa shape index (κ1) is 14.0. The number of nitrogens with one attached hydrogen (secondary N) is 1. The molecule has 1 fully saturated rings. The van der Waals surface area contributed by atoms with Crippen LogP contribution >= 0.6 is 15.9 Å². The molecule has 0 aliphatic heterocycles. The van der Waals surface area contributed by atoms with E-state index < -0.39 is 0 Å². The van der Waals surface area contributed by atoms with E-state index in [0.717, 1.165) is 35.2 Å². The molecular formula is C16H18BrN5. The maximum Gasteiger partial charge on any atom is 0.140 e. The third kappa shape index (κ3) is 2.57. The molecule has 1 N–H and O–H groups in total. The van der Waals surface area contributed by atoms with Crippen LogP contribution in [0, 0.1) is 6.92 Å². The molecule has 1 aliphatic rings. The Hall–Kier alpha value is -1.66. The molecule has 5 nitrogen and oxygen atoms in total. The first-order valence-electron chi connectivity index (χ1n) is 7.55. The molecule has 0 atom stereocenters. The van der Waals surface area contributed by atoms with Gasteiger partial charge in [0.2, 0.25) is 0 Å². The van der Waals surface area contributed by atoms with E-state index in [-0.39, 0.29) is 0 Å². The number of hydrogen-bond acceptors (Lipinski definition) is 3. The van der Waals surface area contributed by atoms with Crippen molar-refractivity contribution in [1.82, 2.24) is 24.5 Å². The first-order valence-corrected chi connectivity index (χ1v) is 8.34. The lowest BCUT2D eigenvalue weighted by Gasteiger charge is -2.35. The molecule has 0 saturated heterocycles. The highest BCUT2D eigenvalue weighted by molar-refractivity contribution is 9.10. The summed E-state index contributed by atoms with van der Waals surface area (Å²) >= 11 is 3.53. The van der Waals surface area contributed by atoms with E-state index in [1.807, 2.05) is 18.5 Å². The second-order valence-corrected chi connectivity index (χ2v) is 6.91. The number of nitrogens with zero attached hydrogens (tertiary/aromatic N) is 4. The highest BCUT2D eigenvalue weighted by Crippen LogP contribution is 2.31. The van der Waals surface area contributed by atoms with E-state index in [1.165, 1.54) is 5.56 Å². The summed E-state index contributed by atoms with van der Waals surface area (Å²) in [7, 11) is 0. The van der Waals surface area contributed by atoms with Crippen molar-refractivity contribution >= 4 is 21.6 Å². The second kappa shape index (κ2) is 5.52. The molecular weight excluding hydrogens is 342 g/mol. The van der Waals surface area contributed by atoms with Gasteiger partial charge in [-0.3, -0.25) is 4.68 Å². The van der Waals surface area contributed by atoms with Crippen LogP contribution in [-0.2, 0) is 6.54 Å². The van der Waals surface area contributed by atoms with Gasteiger partial charge in [0.25, 0.3) is 0 Å². The van der Waals surface area contributed by atoms with Crippen LogP contribution in [0.3, 0.4) is 0 Å². The van der Waals surface area contributed by atoms with Gasteiger partial charge >= 0.3 is 0 Å². The maximum atomic E-state index is 4.71. The Morgan fingerprint density at radius 1 is 1.36 bits per heavy atom. The van der Waals surface area contributed by atoms with Crippen molar-refractivity contribution in [2.24, 2.45) is 0 Å². The minimum atomic E-state index is 0.548. The van der Waals surface area contributed by atoms with Gasteiger partial charge in [0.15, 0.2) is 0 Å². The van der Waals surface area contributed by atoms with Gasteiger partial charge in [-0.15, -0.1) is 0 Å². The molecule has 3 aromatic rings. The maximum absolute atomic E-state index is 4.71. The van der Waals surface area contributed by atoms with E-state index in [1.54, 1.807) is 0 Å². The van der Waals surface area contributed by atoms with Crippen LogP contribution in [0.4, 0.5) is 0 Å². The third-order valence-electron chi connectivity index (χ3n) is 4.34. The molecule has 4 rings (SSSR count). The lowest BCUT2D eigenvalue weighted by atomic mass is 9.87. The topological polar surface area (TPSA) is 47.1 Å². The van der Waals surface area contributed by atoms with E-state index in [2.05, 4.69) is 60.8 Å². The van der Waals surface area contributed by atoms with E-state index in [4.69, 9.17) is 4.98 Å². The van der Waals surface area contributed by atoms with Crippen molar-refractivity contribution in [2.45, 2.75) is 38.4 Å². The lowest BCUT2D eigenvalue weighted by molar-refractivity contribution is 0.209. The highest BCUT2D eigenvalue weighted by Gasteiger charge is 2.30.